The molecule has 1 aromatic heterocycles. The first kappa shape index (κ1) is 18.2. The Kier molecular flexibility index (Phi) is 4.53. The molecule has 0 amide bonds. The maximum absolute atomic E-state index is 12.0. The van der Waals surface area contributed by atoms with E-state index in [2.05, 4.69) is 4.90 Å². The van der Waals surface area contributed by atoms with Crippen LogP contribution in [0.25, 0.3) is 10.9 Å². The number of nitrogens with zero attached hydrogens (tertiary/aromatic N) is 2. The van der Waals surface area contributed by atoms with Crippen molar-refractivity contribution in [1.82, 2.24) is 9.88 Å². The number of fused-ring (bicyclic) bond motifs is 3. The van der Waals surface area contributed by atoms with Gasteiger partial charge in [0.25, 0.3) is 0 Å². The first-order valence-electron chi connectivity index (χ1n) is 9.53. The summed E-state index contributed by atoms with van der Waals surface area (Å²) in [4.78, 5) is 19.0. The van der Waals surface area contributed by atoms with Crippen LogP contribution in [-0.2, 0) is 13.0 Å². The molecule has 0 bridgehead atoms. The Morgan fingerprint density at radius 1 is 1.24 bits per heavy atom. The Morgan fingerprint density at radius 3 is 2.97 bits per heavy atom. The molecule has 1 N–H and O–H groups in total. The van der Waals surface area contributed by atoms with E-state index in [1.165, 1.54) is 0 Å². The van der Waals surface area contributed by atoms with Crippen LogP contribution in [0.1, 0.15) is 21.6 Å². The predicted octanol–water partition coefficient (Wildman–Crippen LogP) is 3.78. The van der Waals surface area contributed by atoms with E-state index in [0.717, 1.165) is 23.3 Å². The van der Waals surface area contributed by atoms with E-state index < -0.39 is 5.97 Å². The van der Waals surface area contributed by atoms with Crippen molar-refractivity contribution in [1.29, 1.82) is 0 Å². The number of aromatic carboxylic acids is 1. The van der Waals surface area contributed by atoms with Gasteiger partial charge in [0.05, 0.1) is 11.1 Å². The summed E-state index contributed by atoms with van der Waals surface area (Å²) in [5.41, 5.74) is 2.75. The van der Waals surface area contributed by atoms with Crippen LogP contribution in [0.3, 0.4) is 0 Å². The number of carboxylic acid groups (broad SMARTS) is 1. The van der Waals surface area contributed by atoms with Gasteiger partial charge in [0.1, 0.15) is 12.7 Å². The molecule has 7 heteroatoms. The number of halogens is 1. The lowest BCUT2D eigenvalue weighted by Gasteiger charge is -2.34. The number of aromatic nitrogens is 1. The SMILES string of the molecule is O=C(O)c1c2c(nc3ccccc13)CCN(C[C@H]1COc3ccc(Cl)cc3O1)C2. The van der Waals surface area contributed by atoms with Crippen LogP contribution in [0.15, 0.2) is 42.5 Å². The van der Waals surface area contributed by atoms with Crippen LogP contribution in [0.5, 0.6) is 11.5 Å². The second kappa shape index (κ2) is 7.21. The molecule has 1 atom stereocenters. The van der Waals surface area contributed by atoms with Crippen molar-refractivity contribution < 1.29 is 19.4 Å². The molecule has 0 spiro atoms. The minimum Gasteiger partial charge on any atom is -0.486 e. The van der Waals surface area contributed by atoms with Gasteiger partial charge in [-0.05, 0) is 18.2 Å². The minimum atomic E-state index is -0.914. The Bertz CT molecular complexity index is 1120. The quantitative estimate of drug-likeness (QED) is 0.708. The molecule has 2 aromatic carbocycles. The monoisotopic (exact) mass is 410 g/mol. The summed E-state index contributed by atoms with van der Waals surface area (Å²) in [6, 6.07) is 12.8. The fourth-order valence-corrected chi connectivity index (χ4v) is 4.28. The smallest absolute Gasteiger partial charge is 0.336 e. The summed E-state index contributed by atoms with van der Waals surface area (Å²) in [5, 5.41) is 11.2. The lowest BCUT2D eigenvalue weighted by atomic mass is 9.95. The lowest BCUT2D eigenvalue weighted by Crippen LogP contribution is -2.43. The average Bonchev–Trinajstić information content (AvgIpc) is 2.71. The topological polar surface area (TPSA) is 71.9 Å². The van der Waals surface area contributed by atoms with Gasteiger partial charge in [-0.1, -0.05) is 29.8 Å². The molecule has 148 valence electrons. The lowest BCUT2D eigenvalue weighted by molar-refractivity contribution is 0.0542. The standard InChI is InChI=1S/C22H19ClN2O4/c23-13-5-6-19-20(9-13)29-14(12-28-19)10-25-8-7-18-16(11-25)21(22(26)27)15-3-1-2-4-17(15)24-18/h1-6,9,14H,7-8,10-12H2,(H,26,27)/t14-/m0/s1. The Balaban J connectivity index is 1.40. The zero-order chi connectivity index (χ0) is 20.0. The number of hydrogen-bond donors (Lipinski definition) is 1. The number of rotatable bonds is 3. The molecule has 0 saturated heterocycles. The van der Waals surface area contributed by atoms with Crippen molar-refractivity contribution in [2.45, 2.75) is 19.1 Å². The van der Waals surface area contributed by atoms with Crippen LogP contribution >= 0.6 is 11.6 Å². The van der Waals surface area contributed by atoms with E-state index in [9.17, 15) is 9.90 Å². The van der Waals surface area contributed by atoms with Crippen LogP contribution in [0, 0.1) is 0 Å². The van der Waals surface area contributed by atoms with Gasteiger partial charge in [-0.3, -0.25) is 9.88 Å². The summed E-state index contributed by atoms with van der Waals surface area (Å²) in [7, 11) is 0. The van der Waals surface area contributed by atoms with E-state index in [-0.39, 0.29) is 6.10 Å². The Labute approximate surface area is 172 Å². The van der Waals surface area contributed by atoms with E-state index in [1.54, 1.807) is 18.2 Å². The molecule has 0 aliphatic carbocycles. The van der Waals surface area contributed by atoms with Crippen molar-refractivity contribution in [3.63, 3.8) is 0 Å². The average molecular weight is 411 g/mol. The number of benzene rings is 2. The third kappa shape index (κ3) is 3.39. The van der Waals surface area contributed by atoms with E-state index >= 15 is 0 Å². The number of carbonyl (C=O) groups is 1. The van der Waals surface area contributed by atoms with Crippen molar-refractivity contribution >= 4 is 28.5 Å². The molecule has 0 saturated carbocycles. The summed E-state index contributed by atoms with van der Waals surface area (Å²) < 4.78 is 11.9. The number of carboxylic acids is 1. The van der Waals surface area contributed by atoms with Crippen molar-refractivity contribution in [2.75, 3.05) is 19.7 Å². The maximum atomic E-state index is 12.0. The van der Waals surface area contributed by atoms with Crippen molar-refractivity contribution in [2.24, 2.45) is 0 Å². The highest BCUT2D eigenvalue weighted by Crippen LogP contribution is 2.35. The van der Waals surface area contributed by atoms with Crippen molar-refractivity contribution in [3.8, 4) is 11.5 Å². The molecular formula is C22H19ClN2O4. The zero-order valence-electron chi connectivity index (χ0n) is 15.6. The third-order valence-corrected chi connectivity index (χ3v) is 5.66. The molecule has 6 nitrogen and oxygen atoms in total. The molecule has 0 unspecified atom stereocenters. The molecule has 2 aliphatic rings. The Hall–Kier alpha value is -2.83. The highest BCUT2D eigenvalue weighted by atomic mass is 35.5. The van der Waals surface area contributed by atoms with Gasteiger partial charge >= 0.3 is 5.97 Å². The van der Waals surface area contributed by atoms with Crippen molar-refractivity contribution in [3.05, 3.63) is 64.3 Å². The van der Waals surface area contributed by atoms with Gasteiger partial charge < -0.3 is 14.6 Å². The molecule has 3 heterocycles. The van der Waals surface area contributed by atoms with Crippen LogP contribution in [0.2, 0.25) is 5.02 Å². The highest BCUT2D eigenvalue weighted by molar-refractivity contribution is 6.30. The molecule has 5 rings (SSSR count). The molecule has 0 radical (unpaired) electrons. The fraction of sp³-hybridized carbons (Fsp3) is 0.273. The Morgan fingerprint density at radius 2 is 2.10 bits per heavy atom. The van der Waals surface area contributed by atoms with E-state index in [1.807, 2.05) is 24.3 Å². The molecule has 29 heavy (non-hydrogen) atoms. The second-order valence-corrected chi connectivity index (χ2v) is 7.80. The number of pyridine rings is 1. The van der Waals surface area contributed by atoms with Crippen LogP contribution < -0.4 is 9.47 Å². The number of para-hydroxylation sites is 1. The largest absolute Gasteiger partial charge is 0.486 e. The molecule has 0 fully saturated rings. The summed E-state index contributed by atoms with van der Waals surface area (Å²) >= 11 is 6.06. The zero-order valence-corrected chi connectivity index (χ0v) is 16.4. The fourth-order valence-electron chi connectivity index (χ4n) is 4.11. The van der Waals surface area contributed by atoms with Gasteiger partial charge in [0.15, 0.2) is 11.5 Å². The maximum Gasteiger partial charge on any atom is 0.336 e. The molecular weight excluding hydrogens is 392 g/mol. The first-order valence-corrected chi connectivity index (χ1v) is 9.91. The van der Waals surface area contributed by atoms with Gasteiger partial charge in [0.2, 0.25) is 0 Å². The van der Waals surface area contributed by atoms with Crippen LogP contribution in [0.4, 0.5) is 0 Å². The van der Waals surface area contributed by atoms with Gasteiger partial charge in [-0.15, -0.1) is 0 Å². The first-order chi connectivity index (χ1) is 14.1. The second-order valence-electron chi connectivity index (χ2n) is 7.36. The summed E-state index contributed by atoms with van der Waals surface area (Å²) in [6.45, 7) is 2.40. The highest BCUT2D eigenvalue weighted by Gasteiger charge is 2.29. The number of ether oxygens (including phenoxy) is 2. The molecule has 3 aromatic rings. The van der Waals surface area contributed by atoms with Gasteiger partial charge in [-0.25, -0.2) is 4.79 Å². The normalized spacial score (nSPS) is 18.4. The summed E-state index contributed by atoms with van der Waals surface area (Å²) in [5.74, 6) is 0.422. The van der Waals surface area contributed by atoms with Gasteiger partial charge in [-0.2, -0.15) is 0 Å². The molecule has 2 aliphatic heterocycles. The van der Waals surface area contributed by atoms with Gasteiger partial charge in [0, 0.05) is 53.8 Å². The van der Waals surface area contributed by atoms with Crippen LogP contribution in [-0.4, -0.2) is 46.8 Å². The minimum absolute atomic E-state index is 0.149. The number of hydrogen-bond acceptors (Lipinski definition) is 5. The third-order valence-electron chi connectivity index (χ3n) is 5.43. The predicted molar refractivity (Wildman–Crippen MR) is 109 cm³/mol. The summed E-state index contributed by atoms with van der Waals surface area (Å²) in [6.07, 6.45) is 0.556. The van der Waals surface area contributed by atoms with E-state index in [0.29, 0.717) is 53.6 Å². The van der Waals surface area contributed by atoms with E-state index in [4.69, 9.17) is 26.1 Å².